The van der Waals surface area contributed by atoms with E-state index in [1.165, 1.54) is 0 Å². The first-order valence-electron chi connectivity index (χ1n) is 11.8. The number of amides is 1. The molecule has 0 aliphatic rings. The van der Waals surface area contributed by atoms with E-state index in [0.29, 0.717) is 40.3 Å². The average Bonchev–Trinajstić information content (AvgIpc) is 3.37. The molecule has 1 atom stereocenters. The van der Waals surface area contributed by atoms with Crippen LogP contribution in [0, 0.1) is 0 Å². The Morgan fingerprint density at radius 1 is 0.946 bits per heavy atom. The first kappa shape index (κ1) is 23.7. The van der Waals surface area contributed by atoms with Crippen molar-refractivity contribution in [1.29, 1.82) is 0 Å². The molecule has 0 bridgehead atoms. The summed E-state index contributed by atoms with van der Waals surface area (Å²) in [4.78, 5) is 37.5. The van der Waals surface area contributed by atoms with Gasteiger partial charge in [0.05, 0.1) is 16.6 Å². The summed E-state index contributed by atoms with van der Waals surface area (Å²) >= 11 is 0. The Kier molecular flexibility index (Phi) is 6.89. The minimum atomic E-state index is -0.948. The number of fused-ring (bicyclic) bond motifs is 1. The van der Waals surface area contributed by atoms with Crippen LogP contribution in [0.1, 0.15) is 23.7 Å². The number of imidazole rings is 1. The van der Waals surface area contributed by atoms with Gasteiger partial charge in [0.2, 0.25) is 0 Å². The lowest BCUT2D eigenvalue weighted by Gasteiger charge is -2.16. The van der Waals surface area contributed by atoms with Crippen molar-refractivity contribution in [2.75, 3.05) is 5.32 Å². The van der Waals surface area contributed by atoms with E-state index in [1.807, 2.05) is 42.5 Å². The number of anilines is 1. The Bertz CT molecular complexity index is 1520. The van der Waals surface area contributed by atoms with Crippen molar-refractivity contribution in [2.24, 2.45) is 0 Å². The number of aromatic nitrogens is 3. The maximum atomic E-state index is 12.8. The molecule has 184 valence electrons. The molecule has 0 fully saturated rings. The number of ether oxygens (including phenoxy) is 2. The summed E-state index contributed by atoms with van der Waals surface area (Å²) in [5, 5.41) is 2.80. The van der Waals surface area contributed by atoms with Crippen LogP contribution in [0.5, 0.6) is 11.5 Å². The lowest BCUT2D eigenvalue weighted by molar-refractivity contribution is -0.124. The Labute approximate surface area is 213 Å². The Hall–Kier alpha value is -4.98. The number of esters is 1. The molecular formula is C29H24N4O4. The molecule has 0 aliphatic heterocycles. The van der Waals surface area contributed by atoms with Crippen LogP contribution in [0.2, 0.25) is 0 Å². The van der Waals surface area contributed by atoms with Crippen molar-refractivity contribution < 1.29 is 19.1 Å². The molecule has 3 aromatic carbocycles. The standard InChI is InChI=1S/C29H24N4O4/c1-2-26(28(34)31-21-11-13-23(14-12-21)36-22-8-4-3-5-9-22)37-29(35)19-10-15-24-25(17-19)33-27(32-24)20-7-6-16-30-18-20/h3-18,26H,2H2,1H3,(H,31,34)(H,32,33). The number of pyridine rings is 1. The van der Waals surface area contributed by atoms with E-state index < -0.39 is 18.0 Å². The highest BCUT2D eigenvalue weighted by Crippen LogP contribution is 2.24. The molecule has 8 heteroatoms. The zero-order chi connectivity index (χ0) is 25.6. The molecule has 2 heterocycles. The molecule has 0 spiro atoms. The third-order valence-corrected chi connectivity index (χ3v) is 5.67. The molecule has 0 saturated heterocycles. The van der Waals surface area contributed by atoms with Crippen molar-refractivity contribution in [3.05, 3.63) is 103 Å². The number of nitrogens with zero attached hydrogens (tertiary/aromatic N) is 2. The molecule has 0 radical (unpaired) electrons. The second-order valence-corrected chi connectivity index (χ2v) is 8.29. The van der Waals surface area contributed by atoms with Gasteiger partial charge < -0.3 is 19.8 Å². The van der Waals surface area contributed by atoms with Crippen LogP contribution in [0.3, 0.4) is 0 Å². The van der Waals surface area contributed by atoms with Gasteiger partial charge in [0.15, 0.2) is 6.10 Å². The zero-order valence-corrected chi connectivity index (χ0v) is 20.0. The third kappa shape index (κ3) is 5.65. The fourth-order valence-electron chi connectivity index (χ4n) is 3.75. The Morgan fingerprint density at radius 3 is 2.46 bits per heavy atom. The first-order chi connectivity index (χ1) is 18.1. The van der Waals surface area contributed by atoms with E-state index in [1.54, 1.807) is 61.8 Å². The number of H-pyrrole nitrogens is 1. The van der Waals surface area contributed by atoms with Crippen molar-refractivity contribution >= 4 is 28.6 Å². The fourth-order valence-corrected chi connectivity index (χ4v) is 3.75. The molecule has 5 rings (SSSR count). The molecule has 1 unspecified atom stereocenters. The average molecular weight is 493 g/mol. The van der Waals surface area contributed by atoms with Gasteiger partial charge in [-0.3, -0.25) is 9.78 Å². The van der Waals surface area contributed by atoms with E-state index in [2.05, 4.69) is 20.3 Å². The largest absolute Gasteiger partial charge is 0.457 e. The highest BCUT2D eigenvalue weighted by molar-refractivity contribution is 5.99. The van der Waals surface area contributed by atoms with Crippen molar-refractivity contribution in [2.45, 2.75) is 19.4 Å². The van der Waals surface area contributed by atoms with E-state index >= 15 is 0 Å². The number of nitrogens with one attached hydrogen (secondary N) is 2. The molecule has 8 nitrogen and oxygen atoms in total. The van der Waals surface area contributed by atoms with Crippen LogP contribution in [0.25, 0.3) is 22.4 Å². The summed E-state index contributed by atoms with van der Waals surface area (Å²) in [5.41, 5.74) is 3.12. The summed E-state index contributed by atoms with van der Waals surface area (Å²) in [5.74, 6) is 1.02. The first-order valence-corrected chi connectivity index (χ1v) is 11.8. The quantitative estimate of drug-likeness (QED) is 0.258. The van der Waals surface area contributed by atoms with Crippen LogP contribution >= 0.6 is 0 Å². The van der Waals surface area contributed by atoms with E-state index in [-0.39, 0.29) is 0 Å². The summed E-state index contributed by atoms with van der Waals surface area (Å²) in [6.45, 7) is 1.78. The zero-order valence-electron chi connectivity index (χ0n) is 20.0. The lowest BCUT2D eigenvalue weighted by Crippen LogP contribution is -2.32. The smallest absolute Gasteiger partial charge is 0.338 e. The second kappa shape index (κ2) is 10.7. The maximum absolute atomic E-state index is 12.8. The predicted octanol–water partition coefficient (Wildman–Crippen LogP) is 5.99. The number of para-hydroxylation sites is 1. The minimum Gasteiger partial charge on any atom is -0.457 e. The molecule has 37 heavy (non-hydrogen) atoms. The summed E-state index contributed by atoms with van der Waals surface area (Å²) < 4.78 is 11.3. The van der Waals surface area contributed by atoms with Gasteiger partial charge in [0.25, 0.3) is 5.91 Å². The molecule has 1 amide bonds. The molecule has 0 aliphatic carbocycles. The van der Waals surface area contributed by atoms with E-state index in [4.69, 9.17) is 9.47 Å². The Balaban J connectivity index is 1.23. The molecule has 2 aromatic heterocycles. The fraction of sp³-hybridized carbons (Fsp3) is 0.103. The number of carbonyl (C=O) groups is 2. The van der Waals surface area contributed by atoms with Crippen LogP contribution in [0.4, 0.5) is 5.69 Å². The number of hydrogen-bond donors (Lipinski definition) is 2. The lowest BCUT2D eigenvalue weighted by atomic mass is 10.2. The van der Waals surface area contributed by atoms with Gasteiger partial charge in [-0.2, -0.15) is 0 Å². The number of hydrogen-bond acceptors (Lipinski definition) is 6. The molecule has 5 aromatic rings. The van der Waals surface area contributed by atoms with Crippen molar-refractivity contribution in [1.82, 2.24) is 15.0 Å². The predicted molar refractivity (Wildman–Crippen MR) is 140 cm³/mol. The van der Waals surface area contributed by atoms with Crippen LogP contribution in [-0.2, 0) is 9.53 Å². The summed E-state index contributed by atoms with van der Waals surface area (Å²) in [6.07, 6.45) is 2.78. The van der Waals surface area contributed by atoms with Gasteiger partial charge in [-0.15, -0.1) is 0 Å². The van der Waals surface area contributed by atoms with Gasteiger partial charge in [-0.05, 0) is 73.2 Å². The van der Waals surface area contributed by atoms with Crippen LogP contribution in [-0.4, -0.2) is 32.9 Å². The topological polar surface area (TPSA) is 106 Å². The monoisotopic (exact) mass is 492 g/mol. The van der Waals surface area contributed by atoms with Gasteiger partial charge in [-0.1, -0.05) is 25.1 Å². The van der Waals surface area contributed by atoms with E-state index in [0.717, 1.165) is 11.3 Å². The van der Waals surface area contributed by atoms with Crippen molar-refractivity contribution in [3.63, 3.8) is 0 Å². The Morgan fingerprint density at radius 2 is 1.73 bits per heavy atom. The van der Waals surface area contributed by atoms with Crippen LogP contribution < -0.4 is 10.1 Å². The number of benzene rings is 3. The van der Waals surface area contributed by atoms with Crippen LogP contribution in [0.15, 0.2) is 97.3 Å². The molecule has 2 N–H and O–H groups in total. The SMILES string of the molecule is CCC(OC(=O)c1ccc2nc(-c3cccnc3)[nH]c2c1)C(=O)Nc1ccc(Oc2ccccc2)cc1. The van der Waals surface area contributed by atoms with E-state index in [9.17, 15) is 9.59 Å². The van der Waals surface area contributed by atoms with Gasteiger partial charge in [0.1, 0.15) is 17.3 Å². The third-order valence-electron chi connectivity index (χ3n) is 5.67. The van der Waals surface area contributed by atoms with Gasteiger partial charge >= 0.3 is 5.97 Å². The normalized spacial score (nSPS) is 11.6. The van der Waals surface area contributed by atoms with Gasteiger partial charge in [0, 0.05) is 23.6 Å². The summed E-state index contributed by atoms with van der Waals surface area (Å²) in [7, 11) is 0. The minimum absolute atomic E-state index is 0.322. The summed E-state index contributed by atoms with van der Waals surface area (Å²) in [6, 6.07) is 25.2. The van der Waals surface area contributed by atoms with Crippen molar-refractivity contribution in [3.8, 4) is 22.9 Å². The number of carbonyl (C=O) groups excluding carboxylic acids is 2. The molecular weight excluding hydrogens is 468 g/mol. The highest BCUT2D eigenvalue weighted by Gasteiger charge is 2.22. The number of aromatic amines is 1. The second-order valence-electron chi connectivity index (χ2n) is 8.29. The number of rotatable bonds is 8. The highest BCUT2D eigenvalue weighted by atomic mass is 16.5. The molecule has 0 saturated carbocycles. The van der Waals surface area contributed by atoms with Gasteiger partial charge in [-0.25, -0.2) is 9.78 Å². The maximum Gasteiger partial charge on any atom is 0.338 e.